The van der Waals surface area contributed by atoms with Crippen molar-refractivity contribution in [1.82, 2.24) is 15.0 Å². The van der Waals surface area contributed by atoms with Crippen LogP contribution in [0, 0.1) is 6.92 Å². The fourth-order valence-electron chi connectivity index (χ4n) is 2.61. The molecule has 2 aromatic rings. The molecule has 3 heterocycles. The first kappa shape index (κ1) is 13.5. The zero-order chi connectivity index (χ0) is 15.0. The number of piperidine rings is 1. The molecule has 0 aliphatic carbocycles. The van der Waals surface area contributed by atoms with E-state index in [1.54, 1.807) is 6.92 Å². The summed E-state index contributed by atoms with van der Waals surface area (Å²) in [5.74, 6) is -0.580. The summed E-state index contributed by atoms with van der Waals surface area (Å²) < 4.78 is 0. The molecule has 21 heavy (non-hydrogen) atoms. The minimum atomic E-state index is -1.10. The number of fused-ring (bicyclic) bond motifs is 1. The van der Waals surface area contributed by atoms with E-state index in [0.717, 1.165) is 25.9 Å². The third-order valence-electron chi connectivity index (χ3n) is 3.76. The number of pyridine rings is 1. The molecule has 0 bridgehead atoms. The van der Waals surface area contributed by atoms with Crippen LogP contribution in [0.25, 0.3) is 11.0 Å². The quantitative estimate of drug-likeness (QED) is 0.864. The van der Waals surface area contributed by atoms with E-state index < -0.39 is 5.97 Å². The van der Waals surface area contributed by atoms with E-state index >= 15 is 0 Å². The van der Waals surface area contributed by atoms with Crippen LogP contribution in [0.4, 0.5) is 5.95 Å². The van der Waals surface area contributed by atoms with Crippen LogP contribution in [0.5, 0.6) is 0 Å². The van der Waals surface area contributed by atoms with Gasteiger partial charge in [-0.2, -0.15) is 4.98 Å². The molecule has 2 N–H and O–H groups in total. The number of H-pyrrole nitrogens is 1. The number of aromatic nitrogens is 3. The number of hydrogen-bond donors (Lipinski definition) is 2. The van der Waals surface area contributed by atoms with E-state index in [0.29, 0.717) is 17.3 Å². The maximum absolute atomic E-state index is 12.2. The van der Waals surface area contributed by atoms with Gasteiger partial charge in [0.25, 0.3) is 5.56 Å². The molecule has 0 spiro atoms. The highest BCUT2D eigenvalue weighted by molar-refractivity contribution is 5.93. The van der Waals surface area contributed by atoms with Crippen LogP contribution in [-0.4, -0.2) is 39.1 Å². The van der Waals surface area contributed by atoms with Crippen molar-refractivity contribution >= 4 is 23.0 Å². The molecule has 1 fully saturated rings. The Morgan fingerprint density at radius 2 is 2.00 bits per heavy atom. The molecule has 1 aliphatic rings. The van der Waals surface area contributed by atoms with E-state index in [1.165, 1.54) is 12.5 Å². The molecule has 7 heteroatoms. The van der Waals surface area contributed by atoms with Crippen molar-refractivity contribution < 1.29 is 9.90 Å². The van der Waals surface area contributed by atoms with Crippen LogP contribution in [-0.2, 0) is 0 Å². The maximum Gasteiger partial charge on any atom is 0.337 e. The molecule has 0 unspecified atom stereocenters. The Morgan fingerprint density at radius 1 is 1.29 bits per heavy atom. The topological polar surface area (TPSA) is 99.2 Å². The first-order chi connectivity index (χ1) is 10.1. The second-order valence-corrected chi connectivity index (χ2v) is 5.23. The van der Waals surface area contributed by atoms with Gasteiger partial charge < -0.3 is 10.0 Å². The molecule has 1 saturated heterocycles. The summed E-state index contributed by atoms with van der Waals surface area (Å²) in [6, 6.07) is 1.34. The van der Waals surface area contributed by atoms with E-state index in [2.05, 4.69) is 15.0 Å². The second-order valence-electron chi connectivity index (χ2n) is 5.23. The van der Waals surface area contributed by atoms with Crippen LogP contribution in [0.1, 0.15) is 35.3 Å². The number of carboxylic acid groups (broad SMARTS) is 1. The number of nitrogens with zero attached hydrogens (tertiary/aromatic N) is 3. The molecule has 0 amide bonds. The minimum Gasteiger partial charge on any atom is -0.478 e. The van der Waals surface area contributed by atoms with E-state index in [9.17, 15) is 9.59 Å². The predicted molar refractivity (Wildman–Crippen MR) is 77.9 cm³/mol. The Bertz CT molecular complexity index is 763. The van der Waals surface area contributed by atoms with E-state index in [1.807, 2.05) is 4.90 Å². The van der Waals surface area contributed by atoms with Gasteiger partial charge in [-0.25, -0.2) is 9.78 Å². The molecule has 0 atom stereocenters. The van der Waals surface area contributed by atoms with Crippen LogP contribution in [0.2, 0.25) is 0 Å². The summed E-state index contributed by atoms with van der Waals surface area (Å²) in [6.45, 7) is 3.33. The predicted octanol–water partition coefficient (Wildman–Crippen LogP) is 1.32. The Morgan fingerprint density at radius 3 is 2.67 bits per heavy atom. The SMILES string of the molecule is Cc1nc2nc(N3CCCCC3)[nH]c(=O)c2cc1C(=O)O. The first-order valence-electron chi connectivity index (χ1n) is 6.96. The number of anilines is 1. The monoisotopic (exact) mass is 288 g/mol. The zero-order valence-corrected chi connectivity index (χ0v) is 11.7. The fourth-order valence-corrected chi connectivity index (χ4v) is 2.61. The van der Waals surface area contributed by atoms with Gasteiger partial charge >= 0.3 is 5.97 Å². The number of aryl methyl sites for hydroxylation is 1. The number of aromatic carboxylic acids is 1. The van der Waals surface area contributed by atoms with Gasteiger partial charge in [0.15, 0.2) is 5.65 Å². The Balaban J connectivity index is 2.13. The second kappa shape index (κ2) is 5.16. The van der Waals surface area contributed by atoms with Crippen LogP contribution in [0.3, 0.4) is 0 Å². The van der Waals surface area contributed by atoms with Crippen molar-refractivity contribution in [3.8, 4) is 0 Å². The largest absolute Gasteiger partial charge is 0.478 e. The summed E-state index contributed by atoms with van der Waals surface area (Å²) in [7, 11) is 0. The Kier molecular flexibility index (Phi) is 3.32. The van der Waals surface area contributed by atoms with Gasteiger partial charge in [-0.15, -0.1) is 0 Å². The number of nitrogens with one attached hydrogen (secondary N) is 1. The summed E-state index contributed by atoms with van der Waals surface area (Å²) >= 11 is 0. The standard InChI is InChI=1S/C14H16N4O3/c1-8-9(13(20)21)7-10-11(15-8)16-14(17-12(10)19)18-5-3-2-4-6-18/h7H,2-6H2,1H3,(H,20,21)(H,15,16,17,19). The Labute approximate surface area is 120 Å². The van der Waals surface area contributed by atoms with Gasteiger partial charge in [-0.3, -0.25) is 9.78 Å². The summed E-state index contributed by atoms with van der Waals surface area (Å²) in [5, 5.41) is 9.30. The van der Waals surface area contributed by atoms with Gasteiger partial charge in [-0.05, 0) is 32.3 Å². The molecule has 110 valence electrons. The first-order valence-corrected chi connectivity index (χ1v) is 6.96. The average molecular weight is 288 g/mol. The maximum atomic E-state index is 12.2. The lowest BCUT2D eigenvalue weighted by Crippen LogP contribution is -2.32. The van der Waals surface area contributed by atoms with Gasteiger partial charge in [0.05, 0.1) is 16.6 Å². The van der Waals surface area contributed by atoms with Crippen LogP contribution >= 0.6 is 0 Å². The fraction of sp³-hybridized carbons (Fsp3) is 0.429. The van der Waals surface area contributed by atoms with E-state index in [-0.39, 0.29) is 16.5 Å². The van der Waals surface area contributed by atoms with Crippen molar-refractivity contribution in [3.63, 3.8) is 0 Å². The van der Waals surface area contributed by atoms with Gasteiger partial charge in [-0.1, -0.05) is 0 Å². The lowest BCUT2D eigenvalue weighted by Gasteiger charge is -2.26. The lowest BCUT2D eigenvalue weighted by molar-refractivity contribution is 0.0696. The van der Waals surface area contributed by atoms with Crippen LogP contribution < -0.4 is 10.5 Å². The normalized spacial score (nSPS) is 15.4. The molecule has 3 rings (SSSR count). The van der Waals surface area contributed by atoms with Gasteiger partial charge in [0.2, 0.25) is 5.95 Å². The van der Waals surface area contributed by atoms with Crippen molar-refractivity contribution in [3.05, 3.63) is 27.7 Å². The third-order valence-corrected chi connectivity index (χ3v) is 3.76. The molecule has 1 aliphatic heterocycles. The van der Waals surface area contributed by atoms with Crippen molar-refractivity contribution in [2.75, 3.05) is 18.0 Å². The number of aromatic amines is 1. The molecule has 7 nitrogen and oxygen atoms in total. The number of hydrogen-bond acceptors (Lipinski definition) is 5. The molecular formula is C14H16N4O3. The third kappa shape index (κ3) is 2.46. The number of carboxylic acids is 1. The van der Waals surface area contributed by atoms with Crippen molar-refractivity contribution in [2.45, 2.75) is 26.2 Å². The molecule has 0 radical (unpaired) electrons. The minimum absolute atomic E-state index is 0.0283. The van der Waals surface area contributed by atoms with Gasteiger partial charge in [0, 0.05) is 13.1 Å². The van der Waals surface area contributed by atoms with Crippen LogP contribution in [0.15, 0.2) is 10.9 Å². The molecular weight excluding hydrogens is 272 g/mol. The smallest absolute Gasteiger partial charge is 0.337 e. The molecule has 2 aromatic heterocycles. The Hall–Kier alpha value is -2.44. The lowest BCUT2D eigenvalue weighted by atomic mass is 10.1. The van der Waals surface area contributed by atoms with Crippen molar-refractivity contribution in [1.29, 1.82) is 0 Å². The van der Waals surface area contributed by atoms with Gasteiger partial charge in [0.1, 0.15) is 0 Å². The highest BCUT2D eigenvalue weighted by Gasteiger charge is 2.17. The van der Waals surface area contributed by atoms with Crippen molar-refractivity contribution in [2.24, 2.45) is 0 Å². The molecule has 0 saturated carbocycles. The average Bonchev–Trinajstić information content (AvgIpc) is 2.47. The highest BCUT2D eigenvalue weighted by Crippen LogP contribution is 2.17. The zero-order valence-electron chi connectivity index (χ0n) is 11.7. The molecule has 0 aromatic carbocycles. The van der Waals surface area contributed by atoms with E-state index in [4.69, 9.17) is 5.11 Å². The highest BCUT2D eigenvalue weighted by atomic mass is 16.4. The summed E-state index contributed by atoms with van der Waals surface area (Å²) in [4.78, 5) is 36.6. The number of carbonyl (C=O) groups is 1. The summed E-state index contributed by atoms with van der Waals surface area (Å²) in [6.07, 6.45) is 3.34. The number of rotatable bonds is 2. The summed E-state index contributed by atoms with van der Waals surface area (Å²) in [5.41, 5.74) is 0.329.